The quantitative estimate of drug-likeness (QED) is 0.401. The van der Waals surface area contributed by atoms with E-state index in [1.54, 1.807) is 29.7 Å². The van der Waals surface area contributed by atoms with Gasteiger partial charge in [0.25, 0.3) is 0 Å². The molecule has 2 aromatic heterocycles. The van der Waals surface area contributed by atoms with Crippen LogP contribution in [0.1, 0.15) is 46.0 Å². The molecule has 0 aliphatic rings. The van der Waals surface area contributed by atoms with Crippen LogP contribution < -0.4 is 10.6 Å². The lowest BCUT2D eigenvalue weighted by atomic mass is 10.2. The molecule has 0 atom stereocenters. The highest BCUT2D eigenvalue weighted by molar-refractivity contribution is 14.0. The van der Waals surface area contributed by atoms with E-state index in [9.17, 15) is 0 Å². The lowest BCUT2D eigenvalue weighted by Crippen LogP contribution is -2.36. The first kappa shape index (κ1) is 20.3. The molecule has 0 unspecified atom stereocenters. The van der Waals surface area contributed by atoms with Gasteiger partial charge in [-0.15, -0.1) is 46.7 Å². The van der Waals surface area contributed by atoms with Crippen molar-refractivity contribution in [1.29, 1.82) is 0 Å². The number of aromatic nitrogens is 2. The molecule has 0 amide bonds. The summed E-state index contributed by atoms with van der Waals surface area (Å²) in [5.74, 6) is 1.26. The number of rotatable bonds is 5. The third-order valence-electron chi connectivity index (χ3n) is 3.21. The third-order valence-corrected chi connectivity index (χ3v) is 5.15. The first-order chi connectivity index (χ1) is 10.5. The van der Waals surface area contributed by atoms with Crippen LogP contribution in [0.3, 0.4) is 0 Å². The van der Waals surface area contributed by atoms with Gasteiger partial charge in [-0.1, -0.05) is 13.8 Å². The standard InChI is InChI=1S/C15H23N5S2.HI/c1-9(2)12-8-21-14(20-12)7-18-15(16-5)17-6-13-10(3)19-11(4)22-13;/h8-9H,6-7H2,1-5H3,(H2,16,17,18);1H. The summed E-state index contributed by atoms with van der Waals surface area (Å²) in [4.78, 5) is 14.6. The fraction of sp³-hybridized carbons (Fsp3) is 0.533. The van der Waals surface area contributed by atoms with Crippen LogP contribution >= 0.6 is 46.7 Å². The second kappa shape index (κ2) is 9.53. The van der Waals surface area contributed by atoms with Crippen molar-refractivity contribution in [2.24, 2.45) is 4.99 Å². The molecular formula is C15H24IN5S2. The van der Waals surface area contributed by atoms with E-state index in [1.807, 2.05) is 13.8 Å². The molecule has 0 fully saturated rings. The molecule has 2 aromatic rings. The Morgan fingerprint density at radius 3 is 2.43 bits per heavy atom. The normalized spacial score (nSPS) is 11.5. The van der Waals surface area contributed by atoms with E-state index in [2.05, 4.69) is 44.8 Å². The summed E-state index contributed by atoms with van der Waals surface area (Å²) in [6, 6.07) is 0. The second-order valence-electron chi connectivity index (χ2n) is 5.34. The monoisotopic (exact) mass is 465 g/mol. The van der Waals surface area contributed by atoms with Gasteiger partial charge in [0.2, 0.25) is 0 Å². The number of guanidine groups is 1. The highest BCUT2D eigenvalue weighted by Gasteiger charge is 2.08. The predicted octanol–water partition coefficient (Wildman–Crippen LogP) is 3.82. The van der Waals surface area contributed by atoms with Crippen molar-refractivity contribution in [3.05, 3.63) is 31.7 Å². The number of halogens is 1. The van der Waals surface area contributed by atoms with Crippen molar-refractivity contribution < 1.29 is 0 Å². The van der Waals surface area contributed by atoms with Gasteiger partial charge in [0, 0.05) is 17.3 Å². The van der Waals surface area contributed by atoms with Gasteiger partial charge in [0.05, 0.1) is 29.5 Å². The van der Waals surface area contributed by atoms with Gasteiger partial charge in [0.15, 0.2) is 5.96 Å². The van der Waals surface area contributed by atoms with Crippen molar-refractivity contribution in [2.75, 3.05) is 7.05 Å². The first-order valence-electron chi connectivity index (χ1n) is 7.31. The van der Waals surface area contributed by atoms with Crippen LogP contribution in [0, 0.1) is 13.8 Å². The van der Waals surface area contributed by atoms with Crippen LogP contribution in [-0.2, 0) is 13.1 Å². The third kappa shape index (κ3) is 6.00. The SMILES string of the molecule is CN=C(NCc1nc(C(C)C)cs1)NCc1sc(C)nc1C.I. The number of aliphatic imine (C=N–C) groups is 1. The molecular weight excluding hydrogens is 441 g/mol. The zero-order valence-corrected chi connectivity index (χ0v) is 18.1. The zero-order valence-electron chi connectivity index (χ0n) is 14.1. The lowest BCUT2D eigenvalue weighted by molar-refractivity contribution is 0.786. The number of hydrogen-bond donors (Lipinski definition) is 2. The summed E-state index contributed by atoms with van der Waals surface area (Å²) in [5, 5.41) is 10.9. The van der Waals surface area contributed by atoms with E-state index in [4.69, 9.17) is 0 Å². The van der Waals surface area contributed by atoms with E-state index >= 15 is 0 Å². The minimum absolute atomic E-state index is 0. The largest absolute Gasteiger partial charge is 0.351 e. The molecule has 128 valence electrons. The Balaban J connectivity index is 0.00000264. The number of thiazole rings is 2. The van der Waals surface area contributed by atoms with Gasteiger partial charge in [-0.3, -0.25) is 4.99 Å². The van der Waals surface area contributed by atoms with Crippen LogP contribution in [-0.4, -0.2) is 23.0 Å². The molecule has 23 heavy (non-hydrogen) atoms. The molecule has 2 rings (SSSR count). The van der Waals surface area contributed by atoms with Gasteiger partial charge in [-0.05, 0) is 19.8 Å². The van der Waals surface area contributed by atoms with E-state index in [-0.39, 0.29) is 24.0 Å². The zero-order chi connectivity index (χ0) is 16.1. The topological polar surface area (TPSA) is 62.2 Å². The summed E-state index contributed by atoms with van der Waals surface area (Å²) in [6.07, 6.45) is 0. The molecule has 0 radical (unpaired) electrons. The van der Waals surface area contributed by atoms with Crippen LogP contribution in [0.15, 0.2) is 10.4 Å². The van der Waals surface area contributed by atoms with Crippen LogP contribution in [0.5, 0.6) is 0 Å². The maximum atomic E-state index is 4.62. The van der Waals surface area contributed by atoms with E-state index in [1.165, 1.54) is 4.88 Å². The number of aryl methyl sites for hydroxylation is 2. The van der Waals surface area contributed by atoms with Crippen LogP contribution in [0.2, 0.25) is 0 Å². The molecule has 0 aromatic carbocycles. The highest BCUT2D eigenvalue weighted by atomic mass is 127. The van der Waals surface area contributed by atoms with Crippen molar-refractivity contribution in [2.45, 2.75) is 46.7 Å². The van der Waals surface area contributed by atoms with E-state index in [0.29, 0.717) is 12.5 Å². The fourth-order valence-corrected chi connectivity index (χ4v) is 3.73. The smallest absolute Gasteiger partial charge is 0.191 e. The number of hydrogen-bond acceptors (Lipinski definition) is 5. The predicted molar refractivity (Wildman–Crippen MR) is 110 cm³/mol. The first-order valence-corrected chi connectivity index (χ1v) is 9.01. The molecule has 2 heterocycles. The highest BCUT2D eigenvalue weighted by Crippen LogP contribution is 2.18. The molecule has 8 heteroatoms. The fourth-order valence-electron chi connectivity index (χ4n) is 1.95. The maximum Gasteiger partial charge on any atom is 0.191 e. The molecule has 0 aliphatic heterocycles. The summed E-state index contributed by atoms with van der Waals surface area (Å²) >= 11 is 3.41. The molecule has 0 saturated heterocycles. The van der Waals surface area contributed by atoms with Crippen molar-refractivity contribution in [3.8, 4) is 0 Å². The Kier molecular flexibility index (Phi) is 8.41. The number of nitrogens with zero attached hydrogens (tertiary/aromatic N) is 3. The van der Waals surface area contributed by atoms with Gasteiger partial charge in [-0.25, -0.2) is 9.97 Å². The summed E-state index contributed by atoms with van der Waals surface area (Å²) in [7, 11) is 1.78. The van der Waals surface area contributed by atoms with Crippen LogP contribution in [0.25, 0.3) is 0 Å². The van der Waals surface area contributed by atoms with Crippen LogP contribution in [0.4, 0.5) is 0 Å². The van der Waals surface area contributed by atoms with Crippen molar-refractivity contribution in [1.82, 2.24) is 20.6 Å². The van der Waals surface area contributed by atoms with Gasteiger partial charge in [0.1, 0.15) is 5.01 Å². The maximum absolute atomic E-state index is 4.62. The second-order valence-corrected chi connectivity index (χ2v) is 7.57. The molecule has 0 bridgehead atoms. The Morgan fingerprint density at radius 1 is 1.22 bits per heavy atom. The minimum Gasteiger partial charge on any atom is -0.351 e. The molecule has 5 nitrogen and oxygen atoms in total. The van der Waals surface area contributed by atoms with E-state index in [0.717, 1.165) is 33.9 Å². The summed E-state index contributed by atoms with van der Waals surface area (Å²) in [6.45, 7) is 9.82. The molecule has 0 saturated carbocycles. The van der Waals surface area contributed by atoms with E-state index < -0.39 is 0 Å². The Morgan fingerprint density at radius 2 is 1.91 bits per heavy atom. The Hall–Kier alpha value is -0.740. The average molecular weight is 465 g/mol. The van der Waals surface area contributed by atoms with Crippen molar-refractivity contribution >= 4 is 52.6 Å². The lowest BCUT2D eigenvalue weighted by Gasteiger charge is -2.10. The van der Waals surface area contributed by atoms with Crippen molar-refractivity contribution in [3.63, 3.8) is 0 Å². The minimum atomic E-state index is 0. The number of nitrogens with one attached hydrogen (secondary N) is 2. The van der Waals surface area contributed by atoms with Gasteiger partial charge < -0.3 is 10.6 Å². The van der Waals surface area contributed by atoms with Gasteiger partial charge >= 0.3 is 0 Å². The Bertz CT molecular complexity index is 648. The van der Waals surface area contributed by atoms with Gasteiger partial charge in [-0.2, -0.15) is 0 Å². The summed E-state index contributed by atoms with van der Waals surface area (Å²) in [5.41, 5.74) is 2.24. The molecule has 2 N–H and O–H groups in total. The average Bonchev–Trinajstić information content (AvgIpc) is 3.06. The summed E-state index contributed by atoms with van der Waals surface area (Å²) < 4.78 is 0. The molecule has 0 spiro atoms. The Labute approximate surface area is 163 Å². The molecule has 0 aliphatic carbocycles.